The van der Waals surface area contributed by atoms with Crippen molar-refractivity contribution in [3.63, 3.8) is 0 Å². The Balaban J connectivity index is 3.46. The Kier molecular flexibility index (Phi) is 5.13. The Morgan fingerprint density at radius 1 is 1.82 bits per heavy atom. The fraction of sp³-hybridized carbons (Fsp3) is 0.714. The van der Waals surface area contributed by atoms with Crippen LogP contribution in [0, 0.1) is 11.3 Å². The summed E-state index contributed by atoms with van der Waals surface area (Å²) in [5, 5.41) is 16.7. The maximum absolute atomic E-state index is 10.6. The van der Waals surface area contributed by atoms with Crippen LogP contribution < -0.4 is 0 Å². The largest absolute Gasteiger partial charge is 0.463 e. The normalized spacial score (nSPS) is 11.7. The number of rotatable bonds is 4. The zero-order valence-corrected chi connectivity index (χ0v) is 6.41. The minimum Gasteiger partial charge on any atom is -0.463 e. The Labute approximate surface area is 65.4 Å². The lowest BCUT2D eigenvalue weighted by Crippen LogP contribution is -2.21. The second-order valence-electron chi connectivity index (χ2n) is 2.05. The molecule has 0 rings (SSSR count). The molecule has 62 valence electrons. The van der Waals surface area contributed by atoms with E-state index in [1.807, 2.05) is 6.92 Å². The number of aliphatic hydroxyl groups is 1. The number of nitriles is 1. The first-order valence-electron chi connectivity index (χ1n) is 3.46. The monoisotopic (exact) mass is 157 g/mol. The van der Waals surface area contributed by atoms with Crippen molar-refractivity contribution in [2.75, 3.05) is 6.61 Å². The van der Waals surface area contributed by atoms with Gasteiger partial charge >= 0.3 is 5.97 Å². The van der Waals surface area contributed by atoms with Gasteiger partial charge in [-0.15, -0.1) is 0 Å². The van der Waals surface area contributed by atoms with Gasteiger partial charge in [0, 0.05) is 0 Å². The number of esters is 1. The van der Waals surface area contributed by atoms with Crippen molar-refractivity contribution in [1.82, 2.24) is 0 Å². The van der Waals surface area contributed by atoms with E-state index in [0.29, 0.717) is 0 Å². The predicted molar refractivity (Wildman–Crippen MR) is 37.5 cm³/mol. The van der Waals surface area contributed by atoms with E-state index in [2.05, 4.69) is 4.74 Å². The van der Waals surface area contributed by atoms with Gasteiger partial charge in [-0.2, -0.15) is 5.26 Å². The van der Waals surface area contributed by atoms with Crippen LogP contribution in [0.4, 0.5) is 0 Å². The summed E-state index contributed by atoms with van der Waals surface area (Å²) in [4.78, 5) is 10.6. The second kappa shape index (κ2) is 5.69. The van der Waals surface area contributed by atoms with Crippen molar-refractivity contribution in [3.8, 4) is 6.07 Å². The van der Waals surface area contributed by atoms with Gasteiger partial charge < -0.3 is 9.84 Å². The van der Waals surface area contributed by atoms with E-state index in [0.717, 1.165) is 12.8 Å². The van der Waals surface area contributed by atoms with Gasteiger partial charge in [0.15, 0.2) is 0 Å². The minimum absolute atomic E-state index is 0.272. The van der Waals surface area contributed by atoms with Gasteiger partial charge in [-0.05, 0) is 6.42 Å². The molecule has 11 heavy (non-hydrogen) atoms. The molecule has 0 bridgehead atoms. The highest BCUT2D eigenvalue weighted by molar-refractivity contribution is 5.77. The van der Waals surface area contributed by atoms with Gasteiger partial charge in [-0.1, -0.05) is 13.3 Å². The van der Waals surface area contributed by atoms with E-state index in [1.165, 1.54) is 6.07 Å². The Bertz CT molecular complexity index is 162. The number of hydrogen-bond acceptors (Lipinski definition) is 4. The highest BCUT2D eigenvalue weighted by atomic mass is 16.5. The van der Waals surface area contributed by atoms with Crippen LogP contribution in [-0.4, -0.2) is 23.8 Å². The van der Waals surface area contributed by atoms with Crippen molar-refractivity contribution in [1.29, 1.82) is 5.26 Å². The smallest absolute Gasteiger partial charge is 0.349 e. The molecule has 0 saturated carbocycles. The van der Waals surface area contributed by atoms with Crippen LogP contribution in [0.5, 0.6) is 0 Å². The molecule has 0 radical (unpaired) electrons. The molecule has 0 aromatic rings. The number of carbonyl (C=O) groups is 1. The summed E-state index contributed by atoms with van der Waals surface area (Å²) in [5.74, 6) is -0.860. The molecule has 1 unspecified atom stereocenters. The van der Waals surface area contributed by atoms with Gasteiger partial charge in [0.1, 0.15) is 6.07 Å². The maximum Gasteiger partial charge on any atom is 0.349 e. The fourth-order valence-electron chi connectivity index (χ4n) is 0.449. The van der Waals surface area contributed by atoms with Crippen molar-refractivity contribution in [2.24, 2.45) is 0 Å². The zero-order chi connectivity index (χ0) is 8.69. The van der Waals surface area contributed by atoms with Crippen LogP contribution in [0.15, 0.2) is 0 Å². The summed E-state index contributed by atoms with van der Waals surface area (Å²) in [5.41, 5.74) is 0. The lowest BCUT2D eigenvalue weighted by atomic mass is 10.3. The highest BCUT2D eigenvalue weighted by Gasteiger charge is 2.14. The molecule has 0 saturated heterocycles. The third-order valence-corrected chi connectivity index (χ3v) is 1.09. The van der Waals surface area contributed by atoms with Crippen LogP contribution in [0.3, 0.4) is 0 Å². The summed E-state index contributed by atoms with van der Waals surface area (Å²) in [6.45, 7) is 2.22. The summed E-state index contributed by atoms with van der Waals surface area (Å²) in [7, 11) is 0. The third-order valence-electron chi connectivity index (χ3n) is 1.09. The lowest BCUT2D eigenvalue weighted by Gasteiger charge is -2.02. The van der Waals surface area contributed by atoms with Crippen LogP contribution in [0.2, 0.25) is 0 Å². The highest BCUT2D eigenvalue weighted by Crippen LogP contribution is 1.91. The van der Waals surface area contributed by atoms with E-state index < -0.39 is 12.1 Å². The van der Waals surface area contributed by atoms with Gasteiger partial charge in [-0.3, -0.25) is 0 Å². The number of nitrogens with zero attached hydrogens (tertiary/aromatic N) is 1. The number of hydrogen-bond donors (Lipinski definition) is 1. The van der Waals surface area contributed by atoms with Crippen LogP contribution >= 0.6 is 0 Å². The topological polar surface area (TPSA) is 70.3 Å². The predicted octanol–water partition coefficient (Wildman–Crippen LogP) is 0.214. The molecule has 4 nitrogen and oxygen atoms in total. The van der Waals surface area contributed by atoms with Crippen molar-refractivity contribution < 1.29 is 14.6 Å². The molecule has 1 atom stereocenters. The van der Waals surface area contributed by atoms with Crippen LogP contribution in [0.25, 0.3) is 0 Å². The van der Waals surface area contributed by atoms with Gasteiger partial charge in [0.25, 0.3) is 0 Å². The number of ether oxygens (including phenoxy) is 1. The van der Waals surface area contributed by atoms with Crippen molar-refractivity contribution in [2.45, 2.75) is 25.9 Å². The molecule has 0 aliphatic heterocycles. The molecule has 0 aromatic carbocycles. The summed E-state index contributed by atoms with van der Waals surface area (Å²) in [6.07, 6.45) is 0.0339. The lowest BCUT2D eigenvalue weighted by molar-refractivity contribution is -0.150. The average Bonchev–Trinajstić information content (AvgIpc) is 2.03. The molecular weight excluding hydrogens is 146 g/mol. The van der Waals surface area contributed by atoms with E-state index >= 15 is 0 Å². The number of aliphatic hydroxyl groups excluding tert-OH is 1. The van der Waals surface area contributed by atoms with Crippen molar-refractivity contribution >= 4 is 5.97 Å². The Hall–Kier alpha value is -1.08. The molecule has 0 spiro atoms. The molecule has 1 N–H and O–H groups in total. The first-order valence-corrected chi connectivity index (χ1v) is 3.46. The Morgan fingerprint density at radius 2 is 2.45 bits per heavy atom. The quantitative estimate of drug-likeness (QED) is 0.360. The summed E-state index contributed by atoms with van der Waals surface area (Å²) < 4.78 is 4.52. The minimum atomic E-state index is -1.63. The van der Waals surface area contributed by atoms with Crippen LogP contribution in [0.1, 0.15) is 19.8 Å². The van der Waals surface area contributed by atoms with E-state index in [-0.39, 0.29) is 6.61 Å². The van der Waals surface area contributed by atoms with Crippen LogP contribution in [-0.2, 0) is 9.53 Å². The average molecular weight is 157 g/mol. The first kappa shape index (κ1) is 9.92. The van der Waals surface area contributed by atoms with E-state index in [1.54, 1.807) is 0 Å². The summed E-state index contributed by atoms with van der Waals surface area (Å²) >= 11 is 0. The molecule has 0 aromatic heterocycles. The van der Waals surface area contributed by atoms with E-state index in [4.69, 9.17) is 10.4 Å². The second-order valence-corrected chi connectivity index (χ2v) is 2.05. The fourth-order valence-corrected chi connectivity index (χ4v) is 0.449. The maximum atomic E-state index is 10.6. The summed E-state index contributed by atoms with van der Waals surface area (Å²) in [6, 6.07) is 1.37. The third kappa shape index (κ3) is 4.34. The van der Waals surface area contributed by atoms with Gasteiger partial charge in [0.2, 0.25) is 6.10 Å². The van der Waals surface area contributed by atoms with Gasteiger partial charge in [-0.25, -0.2) is 4.79 Å². The standard InChI is InChI=1S/C7H11NO3/c1-2-3-4-11-7(10)6(9)5-8/h6,9H,2-4H2,1H3. The SMILES string of the molecule is CCCCOC(=O)C(O)C#N. The Morgan fingerprint density at radius 3 is 2.91 bits per heavy atom. The molecule has 0 amide bonds. The molecule has 4 heteroatoms. The number of carbonyl (C=O) groups excluding carboxylic acids is 1. The molecule has 0 aliphatic carbocycles. The van der Waals surface area contributed by atoms with Gasteiger partial charge in [0.05, 0.1) is 6.61 Å². The van der Waals surface area contributed by atoms with Crippen molar-refractivity contribution in [3.05, 3.63) is 0 Å². The zero-order valence-electron chi connectivity index (χ0n) is 6.41. The molecule has 0 aliphatic rings. The molecule has 0 fully saturated rings. The van der Waals surface area contributed by atoms with E-state index in [9.17, 15) is 4.79 Å². The number of unbranched alkanes of at least 4 members (excludes halogenated alkanes) is 1. The first-order chi connectivity index (χ1) is 5.22. The molecular formula is C7H11NO3. The molecule has 0 heterocycles.